The summed E-state index contributed by atoms with van der Waals surface area (Å²) < 4.78 is 8.10. The molecular weight excluding hydrogens is 357 g/mol. The molecule has 0 aliphatic carbocycles. The van der Waals surface area contributed by atoms with Gasteiger partial charge in [0.05, 0.1) is 34.6 Å². The molecule has 136 valence electrons. The molecule has 0 bridgehead atoms. The number of ether oxygens (including phenoxy) is 1. The Kier molecular flexibility index (Phi) is 6.39. The van der Waals surface area contributed by atoms with Crippen LogP contribution in [0.2, 0.25) is 10.0 Å². The van der Waals surface area contributed by atoms with E-state index >= 15 is 0 Å². The number of nitrogens with one attached hydrogen (secondary N) is 1. The van der Waals surface area contributed by atoms with E-state index in [0.717, 1.165) is 43.7 Å². The Morgan fingerprint density at radius 2 is 2.00 bits per heavy atom. The van der Waals surface area contributed by atoms with Crippen LogP contribution >= 0.6 is 23.2 Å². The summed E-state index contributed by atoms with van der Waals surface area (Å²) in [4.78, 5) is 0. The Morgan fingerprint density at radius 3 is 2.72 bits per heavy atom. The molecule has 0 amide bonds. The molecular formula is C19H25Cl2N3O. The third-order valence-corrected chi connectivity index (χ3v) is 5.26. The van der Waals surface area contributed by atoms with Crippen LogP contribution in [0, 0.1) is 0 Å². The minimum absolute atomic E-state index is 0.278. The zero-order valence-corrected chi connectivity index (χ0v) is 16.3. The highest BCUT2D eigenvalue weighted by molar-refractivity contribution is 6.37. The standard InChI is InChI=1S/C19H25Cl2N3O/c1-13(2)15-11-23-24(19-16(20)6-3-7-17(19)21)18(15)12-25-14-5-4-9-22-10-8-14/h3,6-7,11,13-14,22H,4-5,8-10,12H2,1-2H3. The fourth-order valence-corrected chi connectivity index (χ4v) is 3.81. The van der Waals surface area contributed by atoms with Crippen LogP contribution in [0.15, 0.2) is 24.4 Å². The first-order valence-corrected chi connectivity index (χ1v) is 9.67. The summed E-state index contributed by atoms with van der Waals surface area (Å²) in [5.74, 6) is 0.351. The summed E-state index contributed by atoms with van der Waals surface area (Å²) in [5, 5.41) is 9.16. The second kappa shape index (κ2) is 8.54. The van der Waals surface area contributed by atoms with Crippen molar-refractivity contribution in [2.24, 2.45) is 0 Å². The molecule has 4 nitrogen and oxygen atoms in total. The maximum atomic E-state index is 6.40. The molecule has 3 rings (SSSR count). The first-order chi connectivity index (χ1) is 12.1. The highest BCUT2D eigenvalue weighted by atomic mass is 35.5. The molecule has 1 aromatic carbocycles. The van der Waals surface area contributed by atoms with E-state index in [1.807, 2.05) is 29.1 Å². The smallest absolute Gasteiger partial charge is 0.102 e. The Labute approximate surface area is 159 Å². The Morgan fingerprint density at radius 1 is 1.24 bits per heavy atom. The van der Waals surface area contributed by atoms with Crippen LogP contribution in [0.5, 0.6) is 0 Å². The minimum Gasteiger partial charge on any atom is -0.372 e. The number of para-hydroxylation sites is 1. The van der Waals surface area contributed by atoms with Crippen molar-refractivity contribution in [3.8, 4) is 5.69 Å². The van der Waals surface area contributed by atoms with E-state index in [9.17, 15) is 0 Å². The number of halogens is 2. The van der Waals surface area contributed by atoms with Crippen molar-refractivity contribution in [3.63, 3.8) is 0 Å². The van der Waals surface area contributed by atoms with E-state index in [1.54, 1.807) is 0 Å². The zero-order chi connectivity index (χ0) is 17.8. The van der Waals surface area contributed by atoms with Gasteiger partial charge in [0.15, 0.2) is 0 Å². The number of nitrogens with zero attached hydrogens (tertiary/aromatic N) is 2. The summed E-state index contributed by atoms with van der Waals surface area (Å²) in [7, 11) is 0. The number of aromatic nitrogens is 2. The van der Waals surface area contributed by atoms with E-state index < -0.39 is 0 Å². The minimum atomic E-state index is 0.278. The first-order valence-electron chi connectivity index (χ1n) is 8.91. The molecule has 1 fully saturated rings. The van der Waals surface area contributed by atoms with Gasteiger partial charge in [-0.15, -0.1) is 0 Å². The van der Waals surface area contributed by atoms with Gasteiger partial charge in [-0.3, -0.25) is 0 Å². The third-order valence-electron chi connectivity index (χ3n) is 4.65. The lowest BCUT2D eigenvalue weighted by Gasteiger charge is -2.18. The first kappa shape index (κ1) is 18.7. The SMILES string of the molecule is CC(C)c1cnn(-c2c(Cl)cccc2Cl)c1COC1CCCNCC1. The molecule has 0 saturated carbocycles. The summed E-state index contributed by atoms with van der Waals surface area (Å²) in [5.41, 5.74) is 2.92. The molecule has 25 heavy (non-hydrogen) atoms. The molecule has 2 aromatic rings. The topological polar surface area (TPSA) is 39.1 Å². The fourth-order valence-electron chi connectivity index (χ4n) is 3.25. The van der Waals surface area contributed by atoms with Crippen molar-refractivity contribution < 1.29 is 4.74 Å². The Balaban J connectivity index is 1.89. The average Bonchev–Trinajstić information content (AvgIpc) is 2.81. The molecule has 1 aromatic heterocycles. The van der Waals surface area contributed by atoms with Crippen molar-refractivity contribution in [2.45, 2.75) is 51.7 Å². The Hall–Kier alpha value is -1.07. The lowest BCUT2D eigenvalue weighted by atomic mass is 10.0. The van der Waals surface area contributed by atoms with Crippen molar-refractivity contribution in [2.75, 3.05) is 13.1 Å². The molecule has 0 radical (unpaired) electrons. The van der Waals surface area contributed by atoms with Gasteiger partial charge in [0.1, 0.15) is 5.69 Å². The lowest BCUT2D eigenvalue weighted by Crippen LogP contribution is -2.18. The molecule has 0 spiro atoms. The van der Waals surface area contributed by atoms with Crippen LogP contribution in [0.4, 0.5) is 0 Å². The predicted octanol–water partition coefficient (Wildman–Crippen LogP) is 4.96. The summed E-state index contributed by atoms with van der Waals surface area (Å²) in [6.45, 7) is 6.92. The summed E-state index contributed by atoms with van der Waals surface area (Å²) in [6, 6.07) is 5.51. The van der Waals surface area contributed by atoms with Gasteiger partial charge in [-0.05, 0) is 56.0 Å². The highest BCUT2D eigenvalue weighted by Crippen LogP contribution is 2.32. The van der Waals surface area contributed by atoms with Crippen LogP contribution < -0.4 is 5.32 Å². The second-order valence-corrected chi connectivity index (χ2v) is 7.61. The maximum absolute atomic E-state index is 6.40. The number of hydrogen-bond donors (Lipinski definition) is 1. The number of benzene rings is 1. The summed E-state index contributed by atoms with van der Waals surface area (Å²) in [6.07, 6.45) is 5.46. The molecule has 1 N–H and O–H groups in total. The number of rotatable bonds is 5. The van der Waals surface area contributed by atoms with Crippen molar-refractivity contribution in [1.82, 2.24) is 15.1 Å². The van der Waals surface area contributed by atoms with Gasteiger partial charge in [-0.1, -0.05) is 43.1 Å². The van der Waals surface area contributed by atoms with Gasteiger partial charge >= 0.3 is 0 Å². The monoisotopic (exact) mass is 381 g/mol. The van der Waals surface area contributed by atoms with E-state index in [1.165, 1.54) is 5.56 Å². The van der Waals surface area contributed by atoms with Gasteiger partial charge in [-0.25, -0.2) is 4.68 Å². The van der Waals surface area contributed by atoms with Crippen LogP contribution in [-0.4, -0.2) is 29.0 Å². The number of hydrogen-bond acceptors (Lipinski definition) is 3. The molecule has 6 heteroatoms. The maximum Gasteiger partial charge on any atom is 0.102 e. The molecule has 1 aliphatic heterocycles. The van der Waals surface area contributed by atoms with E-state index in [4.69, 9.17) is 27.9 Å². The zero-order valence-electron chi connectivity index (χ0n) is 14.8. The van der Waals surface area contributed by atoms with Gasteiger partial charge in [0, 0.05) is 0 Å². The Bertz CT molecular complexity index is 686. The highest BCUT2D eigenvalue weighted by Gasteiger charge is 2.20. The van der Waals surface area contributed by atoms with Crippen LogP contribution in [0.3, 0.4) is 0 Å². The van der Waals surface area contributed by atoms with Gasteiger partial charge in [0.2, 0.25) is 0 Å². The van der Waals surface area contributed by atoms with E-state index in [0.29, 0.717) is 22.6 Å². The average molecular weight is 382 g/mol. The second-order valence-electron chi connectivity index (χ2n) is 6.80. The van der Waals surface area contributed by atoms with Gasteiger partial charge < -0.3 is 10.1 Å². The van der Waals surface area contributed by atoms with Crippen molar-refractivity contribution in [3.05, 3.63) is 45.7 Å². The molecule has 2 heterocycles. The van der Waals surface area contributed by atoms with Gasteiger partial charge in [-0.2, -0.15) is 5.10 Å². The van der Waals surface area contributed by atoms with Gasteiger partial charge in [0.25, 0.3) is 0 Å². The van der Waals surface area contributed by atoms with E-state index in [2.05, 4.69) is 24.3 Å². The van der Waals surface area contributed by atoms with Crippen LogP contribution in [0.25, 0.3) is 5.69 Å². The lowest BCUT2D eigenvalue weighted by molar-refractivity contribution is 0.0298. The van der Waals surface area contributed by atoms with Crippen LogP contribution in [0.1, 0.15) is 50.3 Å². The normalized spacial score (nSPS) is 18.5. The third kappa shape index (κ3) is 4.37. The predicted molar refractivity (Wildman–Crippen MR) is 103 cm³/mol. The van der Waals surface area contributed by atoms with Crippen molar-refractivity contribution >= 4 is 23.2 Å². The fraction of sp³-hybridized carbons (Fsp3) is 0.526. The van der Waals surface area contributed by atoms with Crippen LogP contribution in [-0.2, 0) is 11.3 Å². The molecule has 1 aliphatic rings. The molecule has 1 saturated heterocycles. The molecule has 1 atom stereocenters. The quantitative estimate of drug-likeness (QED) is 0.794. The van der Waals surface area contributed by atoms with Crippen molar-refractivity contribution in [1.29, 1.82) is 0 Å². The molecule has 1 unspecified atom stereocenters. The largest absolute Gasteiger partial charge is 0.372 e. The van der Waals surface area contributed by atoms with E-state index in [-0.39, 0.29) is 6.10 Å². The summed E-state index contributed by atoms with van der Waals surface area (Å²) >= 11 is 12.8.